The van der Waals surface area contributed by atoms with E-state index < -0.39 is 11.7 Å². The van der Waals surface area contributed by atoms with Crippen molar-refractivity contribution in [2.75, 3.05) is 32.6 Å². The van der Waals surface area contributed by atoms with Gasteiger partial charge in [-0.2, -0.15) is 13.2 Å². The van der Waals surface area contributed by atoms with Gasteiger partial charge in [-0.05, 0) is 42.0 Å². The fourth-order valence-corrected chi connectivity index (χ4v) is 2.26. The summed E-state index contributed by atoms with van der Waals surface area (Å²) < 4.78 is 42.8. The lowest BCUT2D eigenvalue weighted by Gasteiger charge is -2.19. The van der Waals surface area contributed by atoms with Crippen molar-refractivity contribution in [1.82, 2.24) is 4.90 Å². The minimum atomic E-state index is -4.39. The van der Waals surface area contributed by atoms with Gasteiger partial charge in [0.05, 0.1) is 5.56 Å². The van der Waals surface area contributed by atoms with E-state index in [9.17, 15) is 18.0 Å². The van der Waals surface area contributed by atoms with E-state index in [1.165, 1.54) is 17.0 Å². The Morgan fingerprint density at radius 1 is 0.962 bits per heavy atom. The van der Waals surface area contributed by atoms with Crippen LogP contribution in [0.4, 0.5) is 18.9 Å². The Labute approximate surface area is 150 Å². The van der Waals surface area contributed by atoms with Crippen molar-refractivity contribution in [3.8, 4) is 5.75 Å². The molecule has 0 aliphatic heterocycles. The third-order valence-corrected chi connectivity index (χ3v) is 3.84. The monoisotopic (exact) mass is 366 g/mol. The van der Waals surface area contributed by atoms with E-state index >= 15 is 0 Å². The van der Waals surface area contributed by atoms with Crippen LogP contribution < -0.4 is 9.64 Å². The van der Waals surface area contributed by atoms with E-state index in [1.54, 1.807) is 7.05 Å². The van der Waals surface area contributed by atoms with Gasteiger partial charge in [0.2, 0.25) is 0 Å². The van der Waals surface area contributed by atoms with Gasteiger partial charge in [0.15, 0.2) is 6.61 Å². The number of nitrogens with zero attached hydrogens (tertiary/aromatic N) is 2. The van der Waals surface area contributed by atoms with Crippen molar-refractivity contribution in [2.24, 2.45) is 0 Å². The molecule has 2 aromatic carbocycles. The molecule has 0 radical (unpaired) electrons. The Balaban J connectivity index is 1.87. The van der Waals surface area contributed by atoms with E-state index in [1.807, 2.05) is 43.3 Å². The largest absolute Gasteiger partial charge is 0.484 e. The lowest BCUT2D eigenvalue weighted by Crippen LogP contribution is -2.30. The first kappa shape index (κ1) is 19.6. The average molecular weight is 366 g/mol. The number of alkyl halides is 3. The number of carbonyl (C=O) groups is 1. The molecule has 1 amide bonds. The normalized spacial score (nSPS) is 11.2. The summed E-state index contributed by atoms with van der Waals surface area (Å²) >= 11 is 0. The van der Waals surface area contributed by atoms with Crippen LogP contribution in [0.3, 0.4) is 0 Å². The first-order valence-electron chi connectivity index (χ1n) is 7.97. The second-order valence-electron chi connectivity index (χ2n) is 6.12. The number of rotatable bonds is 6. The van der Waals surface area contributed by atoms with Crippen LogP contribution in [0.5, 0.6) is 5.75 Å². The summed E-state index contributed by atoms with van der Waals surface area (Å²) in [5.74, 6) is -0.0448. The Kier molecular flexibility index (Phi) is 6.13. The number of likely N-dealkylation sites (N-methyl/N-ethyl adjacent to an activating group) is 1. The maximum Gasteiger partial charge on any atom is 0.416 e. The third-order valence-electron chi connectivity index (χ3n) is 3.84. The van der Waals surface area contributed by atoms with Crippen LogP contribution in [0.25, 0.3) is 0 Å². The maximum absolute atomic E-state index is 12.5. The minimum Gasteiger partial charge on any atom is -0.484 e. The van der Waals surface area contributed by atoms with Gasteiger partial charge in [0, 0.05) is 33.4 Å². The molecule has 0 spiro atoms. The molecule has 0 aliphatic carbocycles. The first-order valence-corrected chi connectivity index (χ1v) is 7.97. The molecular weight excluding hydrogens is 345 g/mol. The summed E-state index contributed by atoms with van der Waals surface area (Å²) in [5, 5.41) is 0. The molecule has 0 fully saturated rings. The van der Waals surface area contributed by atoms with Crippen molar-refractivity contribution in [1.29, 1.82) is 0 Å². The van der Waals surface area contributed by atoms with Crippen molar-refractivity contribution in [3.63, 3.8) is 0 Å². The second-order valence-corrected chi connectivity index (χ2v) is 6.12. The highest BCUT2D eigenvalue weighted by atomic mass is 19.4. The van der Waals surface area contributed by atoms with Crippen LogP contribution in [0, 0.1) is 0 Å². The summed E-state index contributed by atoms with van der Waals surface area (Å²) in [6, 6.07) is 12.1. The fraction of sp³-hybridized carbons (Fsp3) is 0.316. The highest BCUT2D eigenvalue weighted by Crippen LogP contribution is 2.30. The molecule has 140 valence electrons. The summed E-state index contributed by atoms with van der Waals surface area (Å²) in [6.07, 6.45) is -4.39. The Hall–Kier alpha value is -2.70. The molecule has 0 saturated heterocycles. The molecule has 0 aromatic heterocycles. The topological polar surface area (TPSA) is 32.8 Å². The number of hydrogen-bond acceptors (Lipinski definition) is 3. The molecule has 4 nitrogen and oxygen atoms in total. The van der Waals surface area contributed by atoms with Crippen LogP contribution in [0.15, 0.2) is 48.5 Å². The van der Waals surface area contributed by atoms with Crippen LogP contribution in [0.2, 0.25) is 0 Å². The molecule has 0 heterocycles. The molecule has 0 aliphatic rings. The fourth-order valence-electron chi connectivity index (χ4n) is 2.26. The van der Waals surface area contributed by atoms with Gasteiger partial charge in [-0.3, -0.25) is 4.79 Å². The van der Waals surface area contributed by atoms with Crippen LogP contribution in [-0.4, -0.2) is 38.6 Å². The van der Waals surface area contributed by atoms with Gasteiger partial charge in [-0.25, -0.2) is 0 Å². The van der Waals surface area contributed by atoms with Gasteiger partial charge >= 0.3 is 6.18 Å². The number of ether oxygens (including phenoxy) is 1. The van der Waals surface area contributed by atoms with Crippen LogP contribution >= 0.6 is 0 Å². The first-order chi connectivity index (χ1) is 12.2. The van der Waals surface area contributed by atoms with Crippen molar-refractivity contribution in [3.05, 3.63) is 59.7 Å². The number of carbonyl (C=O) groups excluding carboxylic acids is 1. The number of amides is 1. The molecule has 2 rings (SSSR count). The lowest BCUT2D eigenvalue weighted by molar-refractivity contribution is -0.137. The van der Waals surface area contributed by atoms with Gasteiger partial charge < -0.3 is 14.5 Å². The van der Waals surface area contributed by atoms with Crippen LogP contribution in [-0.2, 0) is 17.5 Å². The molecule has 0 bridgehead atoms. The lowest BCUT2D eigenvalue weighted by atomic mass is 10.2. The SMILES string of the molecule is CN(Cc1ccc(N(C)C)cc1)C(=O)COc1ccc(C(F)(F)F)cc1. The Morgan fingerprint density at radius 2 is 1.54 bits per heavy atom. The summed E-state index contributed by atoms with van der Waals surface area (Å²) in [7, 11) is 5.55. The number of benzene rings is 2. The van der Waals surface area contributed by atoms with Gasteiger partial charge in [0.25, 0.3) is 5.91 Å². The maximum atomic E-state index is 12.5. The predicted octanol–water partition coefficient (Wildman–Crippen LogP) is 3.81. The summed E-state index contributed by atoms with van der Waals surface area (Å²) in [5.41, 5.74) is 1.28. The van der Waals surface area contributed by atoms with E-state index in [0.717, 1.165) is 23.4 Å². The highest BCUT2D eigenvalue weighted by Gasteiger charge is 2.30. The smallest absolute Gasteiger partial charge is 0.416 e. The molecule has 2 aromatic rings. The third kappa shape index (κ3) is 5.40. The molecule has 0 N–H and O–H groups in total. The van der Waals surface area contributed by atoms with E-state index in [-0.39, 0.29) is 18.3 Å². The standard InChI is InChI=1S/C19H21F3N2O2/c1-23(2)16-8-4-14(5-9-16)12-24(3)18(25)13-26-17-10-6-15(7-11-17)19(20,21)22/h4-11H,12-13H2,1-3H3. The zero-order valence-electron chi connectivity index (χ0n) is 14.9. The van der Waals surface area contributed by atoms with Crippen molar-refractivity contribution < 1.29 is 22.7 Å². The number of halogens is 3. The predicted molar refractivity (Wildman–Crippen MR) is 94.2 cm³/mol. The van der Waals surface area contributed by atoms with E-state index in [4.69, 9.17) is 4.74 Å². The average Bonchev–Trinajstić information content (AvgIpc) is 2.59. The number of anilines is 1. The number of hydrogen-bond donors (Lipinski definition) is 0. The molecule has 0 saturated carbocycles. The quantitative estimate of drug-likeness (QED) is 0.779. The molecule has 26 heavy (non-hydrogen) atoms. The summed E-state index contributed by atoms with van der Waals surface area (Å²) in [4.78, 5) is 15.6. The Morgan fingerprint density at radius 3 is 2.04 bits per heavy atom. The van der Waals surface area contributed by atoms with Crippen molar-refractivity contribution in [2.45, 2.75) is 12.7 Å². The molecule has 7 heteroatoms. The second kappa shape index (κ2) is 8.12. The van der Waals surface area contributed by atoms with Gasteiger partial charge in [-0.1, -0.05) is 12.1 Å². The minimum absolute atomic E-state index is 0.218. The Bertz CT molecular complexity index is 726. The molecule has 0 unspecified atom stereocenters. The van der Waals surface area contributed by atoms with Gasteiger partial charge in [-0.15, -0.1) is 0 Å². The van der Waals surface area contributed by atoms with Crippen molar-refractivity contribution >= 4 is 11.6 Å². The van der Waals surface area contributed by atoms with Crippen LogP contribution in [0.1, 0.15) is 11.1 Å². The molecule has 0 atom stereocenters. The summed E-state index contributed by atoms with van der Waals surface area (Å²) in [6.45, 7) is 0.181. The van der Waals surface area contributed by atoms with E-state index in [2.05, 4.69) is 0 Å². The van der Waals surface area contributed by atoms with Gasteiger partial charge in [0.1, 0.15) is 5.75 Å². The highest BCUT2D eigenvalue weighted by molar-refractivity contribution is 5.77. The zero-order valence-corrected chi connectivity index (χ0v) is 14.9. The molecular formula is C19H21F3N2O2. The zero-order chi connectivity index (χ0) is 19.3. The van der Waals surface area contributed by atoms with E-state index in [0.29, 0.717) is 6.54 Å².